The number of pyridine rings is 2. The molecule has 4 nitrogen and oxygen atoms in total. The molecule has 0 aromatic carbocycles. The highest BCUT2D eigenvalue weighted by molar-refractivity contribution is 5.77. The second-order valence-electron chi connectivity index (χ2n) is 4.29. The number of halogens is 3. The van der Waals surface area contributed by atoms with Gasteiger partial charge in [0, 0.05) is 31.2 Å². The van der Waals surface area contributed by atoms with Crippen LogP contribution in [-0.4, -0.2) is 19.5 Å². The molecule has 0 aliphatic rings. The molecule has 0 saturated carbocycles. The third kappa shape index (κ3) is 2.01. The Hall–Kier alpha value is -2.44. The maximum Gasteiger partial charge on any atom is 0.417 e. The minimum Gasteiger partial charge on any atom is -0.312 e. The van der Waals surface area contributed by atoms with Gasteiger partial charge >= 0.3 is 6.18 Å². The van der Waals surface area contributed by atoms with Crippen molar-refractivity contribution in [1.82, 2.24) is 19.5 Å². The molecule has 0 atom stereocenters. The Kier molecular flexibility index (Phi) is 2.70. The van der Waals surface area contributed by atoms with E-state index < -0.39 is 11.7 Å². The predicted octanol–water partition coefficient (Wildman–Crippen LogP) is 3.05. The van der Waals surface area contributed by atoms with Crippen molar-refractivity contribution in [3.63, 3.8) is 0 Å². The summed E-state index contributed by atoms with van der Waals surface area (Å²) in [6.07, 6.45) is -0.400. The van der Waals surface area contributed by atoms with E-state index in [-0.39, 0.29) is 5.52 Å². The van der Waals surface area contributed by atoms with Crippen LogP contribution in [0.3, 0.4) is 0 Å². The molecule has 3 heterocycles. The van der Waals surface area contributed by atoms with Gasteiger partial charge in [0.05, 0.1) is 5.56 Å². The fourth-order valence-corrected chi connectivity index (χ4v) is 1.99. The van der Waals surface area contributed by atoms with Gasteiger partial charge in [0.1, 0.15) is 11.3 Å². The van der Waals surface area contributed by atoms with Gasteiger partial charge < -0.3 is 4.57 Å². The molecule has 0 spiro atoms. The van der Waals surface area contributed by atoms with Crippen molar-refractivity contribution in [2.45, 2.75) is 6.18 Å². The molecule has 20 heavy (non-hydrogen) atoms. The SMILES string of the molecule is Cn1c(-c2ccncc2)nc2cc(C(F)(F)F)cnc21. The molecule has 0 unspecified atom stereocenters. The predicted molar refractivity (Wildman–Crippen MR) is 66.7 cm³/mol. The minimum atomic E-state index is -4.42. The molecule has 3 rings (SSSR count). The zero-order chi connectivity index (χ0) is 14.3. The van der Waals surface area contributed by atoms with Gasteiger partial charge in [-0.15, -0.1) is 0 Å². The van der Waals surface area contributed by atoms with Crippen LogP contribution >= 0.6 is 0 Å². The molecule has 3 aromatic rings. The number of imidazole rings is 1. The molecule has 0 amide bonds. The number of alkyl halides is 3. The summed E-state index contributed by atoms with van der Waals surface area (Å²) >= 11 is 0. The van der Waals surface area contributed by atoms with E-state index in [0.29, 0.717) is 11.5 Å². The van der Waals surface area contributed by atoms with Crippen molar-refractivity contribution in [2.24, 2.45) is 7.05 Å². The Morgan fingerprint density at radius 3 is 2.50 bits per heavy atom. The highest BCUT2D eigenvalue weighted by Crippen LogP contribution is 2.31. The lowest BCUT2D eigenvalue weighted by Gasteiger charge is -2.05. The van der Waals surface area contributed by atoms with Crippen LogP contribution in [0.2, 0.25) is 0 Å². The van der Waals surface area contributed by atoms with E-state index in [0.717, 1.165) is 17.8 Å². The summed E-state index contributed by atoms with van der Waals surface area (Å²) in [4.78, 5) is 12.0. The van der Waals surface area contributed by atoms with Gasteiger partial charge in [-0.05, 0) is 18.2 Å². The summed E-state index contributed by atoms with van der Waals surface area (Å²) < 4.78 is 39.6. The van der Waals surface area contributed by atoms with Gasteiger partial charge in [0.25, 0.3) is 0 Å². The topological polar surface area (TPSA) is 43.6 Å². The van der Waals surface area contributed by atoms with E-state index in [4.69, 9.17) is 0 Å². The van der Waals surface area contributed by atoms with E-state index in [1.807, 2.05) is 0 Å². The maximum absolute atomic E-state index is 12.7. The zero-order valence-electron chi connectivity index (χ0n) is 10.4. The van der Waals surface area contributed by atoms with Gasteiger partial charge in [0.2, 0.25) is 0 Å². The summed E-state index contributed by atoms with van der Waals surface area (Å²) in [6.45, 7) is 0. The van der Waals surface area contributed by atoms with Crippen molar-refractivity contribution < 1.29 is 13.2 Å². The molecule has 0 saturated heterocycles. The Morgan fingerprint density at radius 1 is 1.15 bits per heavy atom. The third-order valence-corrected chi connectivity index (χ3v) is 2.97. The number of aromatic nitrogens is 4. The number of nitrogens with zero attached hydrogens (tertiary/aromatic N) is 4. The molecule has 0 aliphatic carbocycles. The number of aryl methyl sites for hydroxylation is 1. The first-order valence-corrected chi connectivity index (χ1v) is 5.77. The molecule has 3 aromatic heterocycles. The minimum absolute atomic E-state index is 0.217. The molecule has 102 valence electrons. The summed E-state index contributed by atoms with van der Waals surface area (Å²) in [6, 6.07) is 4.49. The third-order valence-electron chi connectivity index (χ3n) is 2.97. The van der Waals surface area contributed by atoms with Crippen LogP contribution in [0.1, 0.15) is 5.56 Å². The van der Waals surface area contributed by atoms with E-state index in [1.165, 1.54) is 0 Å². The average Bonchev–Trinajstić information content (AvgIpc) is 2.76. The van der Waals surface area contributed by atoms with E-state index in [2.05, 4.69) is 15.0 Å². The van der Waals surface area contributed by atoms with E-state index in [9.17, 15) is 13.2 Å². The van der Waals surface area contributed by atoms with Crippen molar-refractivity contribution in [2.75, 3.05) is 0 Å². The van der Waals surface area contributed by atoms with Crippen LogP contribution in [0.15, 0.2) is 36.8 Å². The number of hydrogen-bond acceptors (Lipinski definition) is 3. The fourth-order valence-electron chi connectivity index (χ4n) is 1.99. The largest absolute Gasteiger partial charge is 0.417 e. The monoisotopic (exact) mass is 278 g/mol. The average molecular weight is 278 g/mol. The zero-order valence-corrected chi connectivity index (χ0v) is 10.4. The first kappa shape index (κ1) is 12.6. The van der Waals surface area contributed by atoms with Crippen LogP contribution in [0.5, 0.6) is 0 Å². The van der Waals surface area contributed by atoms with Crippen molar-refractivity contribution >= 4 is 11.2 Å². The lowest BCUT2D eigenvalue weighted by Crippen LogP contribution is -2.05. The molecule has 0 bridgehead atoms. The smallest absolute Gasteiger partial charge is 0.312 e. The Bertz CT molecular complexity index is 762. The molecular formula is C13H9F3N4. The molecule has 7 heteroatoms. The molecule has 0 aliphatic heterocycles. The van der Waals surface area contributed by atoms with E-state index >= 15 is 0 Å². The van der Waals surface area contributed by atoms with Crippen molar-refractivity contribution in [3.05, 3.63) is 42.4 Å². The van der Waals surface area contributed by atoms with Crippen molar-refractivity contribution in [1.29, 1.82) is 0 Å². The van der Waals surface area contributed by atoms with Gasteiger partial charge in [0.15, 0.2) is 5.65 Å². The molecule has 0 N–H and O–H groups in total. The Balaban J connectivity index is 2.20. The first-order chi connectivity index (χ1) is 9.47. The summed E-state index contributed by atoms with van der Waals surface area (Å²) in [5, 5.41) is 0. The second-order valence-corrected chi connectivity index (χ2v) is 4.29. The number of rotatable bonds is 1. The van der Waals surface area contributed by atoms with Crippen LogP contribution in [0.4, 0.5) is 13.2 Å². The summed E-state index contributed by atoms with van der Waals surface area (Å²) in [5.41, 5.74) is 0.595. The molecular weight excluding hydrogens is 269 g/mol. The highest BCUT2D eigenvalue weighted by atomic mass is 19.4. The van der Waals surface area contributed by atoms with Gasteiger partial charge in [-0.2, -0.15) is 13.2 Å². The summed E-state index contributed by atoms with van der Waals surface area (Å²) in [5.74, 6) is 0.550. The Morgan fingerprint density at radius 2 is 1.85 bits per heavy atom. The van der Waals surface area contributed by atoms with Crippen LogP contribution in [-0.2, 0) is 13.2 Å². The lowest BCUT2D eigenvalue weighted by molar-refractivity contribution is -0.137. The molecule has 0 radical (unpaired) electrons. The maximum atomic E-state index is 12.7. The summed E-state index contributed by atoms with van der Waals surface area (Å²) in [7, 11) is 1.71. The van der Waals surface area contributed by atoms with Gasteiger partial charge in [-0.1, -0.05) is 0 Å². The highest BCUT2D eigenvalue weighted by Gasteiger charge is 2.31. The first-order valence-electron chi connectivity index (χ1n) is 5.77. The van der Waals surface area contributed by atoms with Crippen LogP contribution in [0, 0.1) is 0 Å². The molecule has 0 fully saturated rings. The normalized spacial score (nSPS) is 12.0. The van der Waals surface area contributed by atoms with E-state index in [1.54, 1.807) is 36.1 Å². The van der Waals surface area contributed by atoms with Gasteiger partial charge in [-0.25, -0.2) is 9.97 Å². The Labute approximate surface area is 111 Å². The van der Waals surface area contributed by atoms with Crippen molar-refractivity contribution in [3.8, 4) is 11.4 Å². The van der Waals surface area contributed by atoms with Gasteiger partial charge in [-0.3, -0.25) is 4.98 Å². The van der Waals surface area contributed by atoms with Crippen LogP contribution < -0.4 is 0 Å². The second kappa shape index (κ2) is 4.29. The quantitative estimate of drug-likeness (QED) is 0.687. The fraction of sp³-hybridized carbons (Fsp3) is 0.154. The standard InChI is InChI=1S/C13H9F3N4/c1-20-11(8-2-4-17-5-3-8)19-10-6-9(13(14,15)16)7-18-12(10)20/h2-7H,1H3. The van der Waals surface area contributed by atoms with Crippen LogP contribution in [0.25, 0.3) is 22.6 Å². The number of hydrogen-bond donors (Lipinski definition) is 0. The lowest BCUT2D eigenvalue weighted by atomic mass is 10.2. The number of fused-ring (bicyclic) bond motifs is 1.